The molecule has 0 saturated heterocycles. The number of carboxylic acids is 2. The van der Waals surface area contributed by atoms with E-state index in [-0.39, 0.29) is 69.9 Å². The lowest BCUT2D eigenvalue weighted by molar-refractivity contribution is -0.142. The maximum absolute atomic E-state index is 14.3. The van der Waals surface area contributed by atoms with Crippen LogP contribution in [0, 0.1) is 5.92 Å². The zero-order chi connectivity index (χ0) is 60.5. The first-order valence-corrected chi connectivity index (χ1v) is 27.2. The van der Waals surface area contributed by atoms with Gasteiger partial charge in [-0.1, -0.05) is 44.2 Å². The van der Waals surface area contributed by atoms with E-state index in [1.54, 1.807) is 50.4 Å². The number of aliphatic hydroxyl groups is 1. The largest absolute Gasteiger partial charge is 0.481 e. The van der Waals surface area contributed by atoms with Crippen molar-refractivity contribution < 1.29 is 72.9 Å². The summed E-state index contributed by atoms with van der Waals surface area (Å²) >= 11 is 1.34. The Bertz CT molecular complexity index is 2280. The first kappa shape index (κ1) is 70.4. The van der Waals surface area contributed by atoms with Gasteiger partial charge in [-0.15, -0.1) is 0 Å². The summed E-state index contributed by atoms with van der Waals surface area (Å²) in [5.41, 5.74) is 27.9. The Kier molecular flexibility index (Phi) is 33.5. The predicted molar refractivity (Wildman–Crippen MR) is 293 cm³/mol. The number of hydrogen-bond acceptors (Lipinski definition) is 17. The number of guanidine groups is 1. The second-order valence-electron chi connectivity index (χ2n) is 19.0. The Morgan fingerprint density at radius 1 is 0.600 bits per heavy atom. The lowest BCUT2D eigenvalue weighted by Gasteiger charge is -2.28. The highest BCUT2D eigenvalue weighted by atomic mass is 32.2. The number of aliphatic hydroxyl groups excluding tert-OH is 1. The average Bonchev–Trinajstić information content (AvgIpc) is 3.39. The molecule has 448 valence electrons. The monoisotopic (exact) mass is 1150 g/mol. The predicted octanol–water partition coefficient (Wildman–Crippen LogP) is -5.63. The molecular weight excluding hydrogens is 1070 g/mol. The number of nitrogens with zero attached hydrogens (tertiary/aromatic N) is 1. The number of primary amides is 1. The van der Waals surface area contributed by atoms with E-state index in [1.165, 1.54) is 18.7 Å². The fourth-order valence-electron chi connectivity index (χ4n) is 7.40. The van der Waals surface area contributed by atoms with Gasteiger partial charge in [0, 0.05) is 19.4 Å². The molecule has 22 N–H and O–H groups in total. The van der Waals surface area contributed by atoms with E-state index in [2.05, 4.69) is 52.8 Å². The molecule has 1 rings (SSSR count). The van der Waals surface area contributed by atoms with Crippen molar-refractivity contribution in [2.45, 2.75) is 146 Å². The summed E-state index contributed by atoms with van der Waals surface area (Å²) in [4.78, 5) is 162. The number of rotatable bonds is 40. The molecule has 0 heterocycles. The molecule has 1 aromatic rings. The van der Waals surface area contributed by atoms with Gasteiger partial charge in [0.05, 0.1) is 19.6 Å². The van der Waals surface area contributed by atoms with Crippen molar-refractivity contribution >= 4 is 88.7 Å². The number of carbonyl (C=O) groups is 12. The maximum Gasteiger partial charge on any atom is 0.326 e. The molecule has 80 heavy (non-hydrogen) atoms. The number of unbranched alkanes of at least 4 members (excludes halogenated alkanes) is 1. The molecule has 0 aromatic heterocycles. The Labute approximate surface area is 467 Å². The standard InChI is InChI=1S/C49H81N15O15S/c1-26(2)21-34(62-44(74)31(15-16-39(68)69)59-40(70)27(3)57-41(71)29(51)25-65)45(75)64-36(23-37(52)66)47(77)60-30(13-8-9-18-50)43(73)63-35(22-28-11-6-5-7-12-28)46(76)61-32(17-20-80-4)42(72)56-24-38(67)58-33(48(78)79)14-10-19-55-49(53)54/h5-7,11-12,26-27,29-36,65H,8-10,13-25,50-51H2,1-4H3,(H2,52,66)(H,56,72)(H,57,71)(H,58,67)(H,59,70)(H,60,77)(H,61,76)(H,62,74)(H,63,73)(H,64,75)(H,68,69)(H,78,79)(H4,53,54,55)/t27-,29-,30-,31-,32-,33-,34-,35-,36-/m0/s1. The molecule has 0 saturated carbocycles. The Hall–Kier alpha value is -7.64. The quantitative estimate of drug-likeness (QED) is 0.0165. The molecule has 9 atom stereocenters. The molecule has 30 nitrogen and oxygen atoms in total. The topological polar surface area (TPSA) is 516 Å². The Balaban J connectivity index is 3.49. The van der Waals surface area contributed by atoms with E-state index in [0.29, 0.717) is 17.7 Å². The van der Waals surface area contributed by atoms with Crippen molar-refractivity contribution in [1.82, 2.24) is 47.9 Å². The maximum atomic E-state index is 14.3. The first-order valence-electron chi connectivity index (χ1n) is 25.8. The third-order valence-electron chi connectivity index (χ3n) is 11.7. The number of thioether (sulfide) groups is 1. The van der Waals surface area contributed by atoms with E-state index in [4.69, 9.17) is 28.7 Å². The third-order valence-corrected chi connectivity index (χ3v) is 12.3. The van der Waals surface area contributed by atoms with Crippen LogP contribution >= 0.6 is 11.8 Å². The zero-order valence-corrected chi connectivity index (χ0v) is 46.3. The van der Waals surface area contributed by atoms with Gasteiger partial charge in [-0.3, -0.25) is 57.7 Å². The fourth-order valence-corrected chi connectivity index (χ4v) is 7.87. The molecule has 0 bridgehead atoms. The first-order chi connectivity index (χ1) is 37.7. The summed E-state index contributed by atoms with van der Waals surface area (Å²) in [5, 5.41) is 50.2. The van der Waals surface area contributed by atoms with Crippen LogP contribution in [0.25, 0.3) is 0 Å². The molecule has 0 spiro atoms. The highest BCUT2D eigenvalue weighted by Crippen LogP contribution is 2.12. The van der Waals surface area contributed by atoms with Crippen LogP contribution < -0.4 is 76.5 Å². The number of nitrogens with two attached hydrogens (primary N) is 5. The second-order valence-corrected chi connectivity index (χ2v) is 20.0. The van der Waals surface area contributed by atoms with Gasteiger partial charge in [0.2, 0.25) is 59.1 Å². The fraction of sp³-hybridized carbons (Fsp3) is 0.612. The highest BCUT2D eigenvalue weighted by Gasteiger charge is 2.35. The molecular formula is C49H81N15O15S. The van der Waals surface area contributed by atoms with Gasteiger partial charge in [0.1, 0.15) is 54.4 Å². The zero-order valence-electron chi connectivity index (χ0n) is 45.5. The molecule has 31 heteroatoms. The number of aliphatic imine (C=N–C) groups is 1. The Morgan fingerprint density at radius 3 is 1.68 bits per heavy atom. The van der Waals surface area contributed by atoms with Crippen molar-refractivity contribution in [1.29, 1.82) is 0 Å². The van der Waals surface area contributed by atoms with E-state index < -0.39 is 158 Å². The smallest absolute Gasteiger partial charge is 0.326 e. The molecule has 0 aliphatic rings. The molecule has 0 unspecified atom stereocenters. The van der Waals surface area contributed by atoms with Crippen LogP contribution in [0.5, 0.6) is 0 Å². The van der Waals surface area contributed by atoms with Gasteiger partial charge >= 0.3 is 11.9 Å². The minimum absolute atomic E-state index is 0.0311. The molecule has 10 amide bonds. The third kappa shape index (κ3) is 28.8. The van der Waals surface area contributed by atoms with E-state index in [0.717, 1.165) is 0 Å². The number of carboxylic acid groups (broad SMARTS) is 2. The summed E-state index contributed by atoms with van der Waals surface area (Å²) in [6.45, 7) is 3.49. The van der Waals surface area contributed by atoms with Gasteiger partial charge in [-0.25, -0.2) is 4.79 Å². The van der Waals surface area contributed by atoms with Crippen molar-refractivity contribution in [3.63, 3.8) is 0 Å². The van der Waals surface area contributed by atoms with Gasteiger partial charge in [-0.2, -0.15) is 11.8 Å². The normalized spacial score (nSPS) is 14.3. The molecule has 1 aromatic carbocycles. The average molecular weight is 1150 g/mol. The minimum atomic E-state index is -1.78. The van der Waals surface area contributed by atoms with E-state index in [1.807, 2.05) is 0 Å². The van der Waals surface area contributed by atoms with Crippen LogP contribution in [0.4, 0.5) is 0 Å². The summed E-state index contributed by atoms with van der Waals surface area (Å²) in [6.07, 6.45) is 0.338. The van der Waals surface area contributed by atoms with Crippen molar-refractivity contribution in [3.8, 4) is 0 Å². The van der Waals surface area contributed by atoms with Crippen LogP contribution in [0.15, 0.2) is 35.3 Å². The molecule has 0 radical (unpaired) electrons. The van der Waals surface area contributed by atoms with E-state index in [9.17, 15) is 72.9 Å². The number of nitrogens with one attached hydrogen (secondary N) is 9. The van der Waals surface area contributed by atoms with Crippen LogP contribution in [0.2, 0.25) is 0 Å². The van der Waals surface area contributed by atoms with Gasteiger partial charge < -0.3 is 91.8 Å². The van der Waals surface area contributed by atoms with E-state index >= 15 is 0 Å². The van der Waals surface area contributed by atoms with Crippen molar-refractivity contribution in [3.05, 3.63) is 35.9 Å². The summed E-state index contributed by atoms with van der Waals surface area (Å²) in [7, 11) is 0. The number of carbonyl (C=O) groups excluding carboxylic acids is 10. The van der Waals surface area contributed by atoms with Crippen LogP contribution in [0.3, 0.4) is 0 Å². The SMILES string of the molecule is CSCC[C@H](NC(=O)[C@H](Cc1ccccc1)NC(=O)[C@H](CCCCN)NC(=O)[C@H](CC(N)=O)NC(=O)[C@H](CC(C)C)NC(=O)[C@H](CCC(=O)O)NC(=O)[C@H](C)NC(=O)[C@@H](N)CO)C(=O)NCC(=O)N[C@@H](CCCN=C(N)N)C(=O)O. The number of benzene rings is 1. The van der Waals surface area contributed by atoms with Crippen molar-refractivity contribution in [2.24, 2.45) is 39.6 Å². The summed E-state index contributed by atoms with van der Waals surface area (Å²) in [6, 6.07) is -4.60. The molecule has 0 fully saturated rings. The highest BCUT2D eigenvalue weighted by molar-refractivity contribution is 7.98. The van der Waals surface area contributed by atoms with Gasteiger partial charge in [0.25, 0.3) is 0 Å². The number of aliphatic carboxylic acids is 2. The summed E-state index contributed by atoms with van der Waals surface area (Å²) in [5.74, 6) is -12.3. The number of amides is 10. The van der Waals surface area contributed by atoms with Crippen molar-refractivity contribution in [2.75, 3.05) is 38.2 Å². The van der Waals surface area contributed by atoms with Gasteiger partial charge in [-0.05, 0) is 88.3 Å². The molecule has 0 aliphatic carbocycles. The second kappa shape index (κ2) is 38.0. The minimum Gasteiger partial charge on any atom is -0.481 e. The Morgan fingerprint density at radius 2 is 1.12 bits per heavy atom. The number of hydrogen-bond donors (Lipinski definition) is 17. The lowest BCUT2D eigenvalue weighted by atomic mass is 10.0. The van der Waals surface area contributed by atoms with Crippen LogP contribution in [0.1, 0.15) is 90.5 Å². The molecule has 0 aliphatic heterocycles. The van der Waals surface area contributed by atoms with Gasteiger partial charge in [0.15, 0.2) is 5.96 Å². The van der Waals surface area contributed by atoms with Crippen LogP contribution in [-0.2, 0) is 64.0 Å². The van der Waals surface area contributed by atoms with Crippen LogP contribution in [-0.4, -0.2) is 185 Å². The summed E-state index contributed by atoms with van der Waals surface area (Å²) < 4.78 is 0. The lowest BCUT2D eigenvalue weighted by Crippen LogP contribution is -2.61.